The molecule has 7 aliphatic rings. The summed E-state index contributed by atoms with van der Waals surface area (Å²) in [4.78, 5) is 127. The first-order valence-electron chi connectivity index (χ1n) is 51.3. The summed E-state index contributed by atoms with van der Waals surface area (Å²) in [7, 11) is 0. The molecule has 2 aromatic heterocycles. The molecule has 766 valence electrons. The molecule has 4 aromatic rings. The molecule has 0 bridgehead atoms. The number of piperidine rings is 5. The quantitative estimate of drug-likeness (QED) is 0.0207. The molecule has 4 atom stereocenters. The third-order valence-corrected chi connectivity index (χ3v) is 30.3. The van der Waals surface area contributed by atoms with E-state index in [2.05, 4.69) is 219 Å². The lowest BCUT2D eigenvalue weighted by molar-refractivity contribution is -0.126. The maximum atomic E-state index is 13.8. The molecule has 7 fully saturated rings. The Labute approximate surface area is 820 Å². The van der Waals surface area contributed by atoms with Gasteiger partial charge in [-0.15, -0.1) is 0 Å². The lowest BCUT2D eigenvalue weighted by Gasteiger charge is -2.42. The van der Waals surface area contributed by atoms with E-state index in [0.29, 0.717) is 152 Å². The minimum absolute atomic E-state index is 0.00690. The van der Waals surface area contributed by atoms with E-state index < -0.39 is 63.7 Å². The molecule has 4 unspecified atom stereocenters. The van der Waals surface area contributed by atoms with Gasteiger partial charge in [0.1, 0.15) is 74.9 Å². The van der Waals surface area contributed by atoms with Crippen molar-refractivity contribution in [2.45, 2.75) is 325 Å². The number of para-hydroxylation sites is 1. The number of rotatable bonds is 38. The first kappa shape index (κ1) is 114. The Morgan fingerprint density at radius 1 is 0.420 bits per heavy atom. The van der Waals surface area contributed by atoms with Crippen molar-refractivity contribution >= 4 is 69.3 Å². The number of urea groups is 2. The predicted octanol–water partition coefficient (Wildman–Crippen LogP) is 14.0. The van der Waals surface area contributed by atoms with E-state index in [-0.39, 0.29) is 74.2 Å². The molecule has 34 heteroatoms. The van der Waals surface area contributed by atoms with Crippen LogP contribution in [-0.4, -0.2) is 277 Å². The SMILES string of the molecule is CCC(C)(C)CCC(Nc1nc(=O)oc2ccccc12)C(=O)NC1(C#N)CCN(CCCN2CCCCC2)CC1.CCCN1CCC(C#N)(NC(=O)C(CC(C)(C)C(C)(C)C)NC(=O)N2CCOCC2)CC1.CCCN1CCC(C#N)(NC(=O)C(CCC(C)(C)CC)NC(=O)N2CCOCC2)CC1.CCCN1CCC(C#N)(NC(=O)C(CCC(C)(C)CC)Nc2nc(=O)oc3cc(F)ccc23)CC1. The smallest absolute Gasteiger partial charge is 0.408 e. The van der Waals surface area contributed by atoms with Crippen molar-refractivity contribution in [2.75, 3.05) is 161 Å². The molecular weight excluding hydrogens is 1750 g/mol. The van der Waals surface area contributed by atoms with Crippen LogP contribution in [0.25, 0.3) is 21.9 Å². The number of benzene rings is 2. The van der Waals surface area contributed by atoms with Gasteiger partial charge in [0.2, 0.25) is 23.6 Å². The fraction of sp³-hybridized carbons (Fsp3) is 0.750. The second kappa shape index (κ2) is 53.3. The number of hydrogen-bond acceptors (Lipinski definition) is 25. The molecule has 8 N–H and O–H groups in total. The van der Waals surface area contributed by atoms with Gasteiger partial charge in [-0.1, -0.05) is 156 Å². The number of carbonyl (C=O) groups is 6. The lowest BCUT2D eigenvalue weighted by atomic mass is 9.66. The lowest BCUT2D eigenvalue weighted by Crippen LogP contribution is -2.61. The molecular formula is C104H166FN21O12. The van der Waals surface area contributed by atoms with Crippen molar-refractivity contribution < 1.29 is 51.5 Å². The highest BCUT2D eigenvalue weighted by atomic mass is 19.1. The molecule has 2 aromatic carbocycles. The van der Waals surface area contributed by atoms with Crippen LogP contribution in [0.5, 0.6) is 0 Å². The molecule has 11 rings (SSSR count). The van der Waals surface area contributed by atoms with E-state index >= 15 is 0 Å². The molecule has 0 radical (unpaired) electrons. The monoisotopic (exact) mass is 1920 g/mol. The third kappa shape index (κ3) is 34.9. The molecule has 0 saturated carbocycles. The van der Waals surface area contributed by atoms with E-state index in [1.54, 1.807) is 21.9 Å². The number of nitriles is 4. The summed E-state index contributed by atoms with van der Waals surface area (Å²) >= 11 is 0. The predicted molar refractivity (Wildman–Crippen MR) is 537 cm³/mol. The number of anilines is 2. The van der Waals surface area contributed by atoms with Crippen molar-refractivity contribution in [3.05, 3.63) is 69.4 Å². The van der Waals surface area contributed by atoms with Gasteiger partial charge in [-0.05, 0) is 232 Å². The fourth-order valence-corrected chi connectivity index (χ4v) is 18.2. The summed E-state index contributed by atoms with van der Waals surface area (Å²) in [5, 5.41) is 65.5. The average molecular weight is 1920 g/mol. The van der Waals surface area contributed by atoms with E-state index in [1.807, 2.05) is 12.1 Å². The number of ether oxygens (including phenoxy) is 2. The summed E-state index contributed by atoms with van der Waals surface area (Å²) in [5.41, 5.74) is -3.23. The first-order valence-corrected chi connectivity index (χ1v) is 51.3. The number of likely N-dealkylation sites (tertiary alicyclic amines) is 5. The van der Waals surface area contributed by atoms with Crippen LogP contribution in [0.3, 0.4) is 0 Å². The number of morpholine rings is 2. The molecule has 0 spiro atoms. The summed E-state index contributed by atoms with van der Waals surface area (Å²) in [6.07, 6.45) is 20.4. The van der Waals surface area contributed by atoms with Gasteiger partial charge < -0.3 is 95.1 Å². The van der Waals surface area contributed by atoms with Crippen molar-refractivity contribution in [3.8, 4) is 24.3 Å². The number of amides is 8. The second-order valence-corrected chi connectivity index (χ2v) is 43.3. The Balaban J connectivity index is 0.000000227. The van der Waals surface area contributed by atoms with Crippen LogP contribution in [0, 0.1) is 78.2 Å². The van der Waals surface area contributed by atoms with E-state index in [9.17, 15) is 63.8 Å². The largest absolute Gasteiger partial charge is 0.441 e. The van der Waals surface area contributed by atoms with Crippen LogP contribution >= 0.6 is 0 Å². The minimum Gasteiger partial charge on any atom is -0.408 e. The zero-order chi connectivity index (χ0) is 101. The van der Waals surface area contributed by atoms with E-state index in [4.69, 9.17) is 18.3 Å². The number of carbonyl (C=O) groups excluding carboxylic acids is 6. The highest BCUT2D eigenvalue weighted by Crippen LogP contribution is 2.43. The first-order chi connectivity index (χ1) is 65.5. The Hall–Kier alpha value is -9.65. The van der Waals surface area contributed by atoms with Gasteiger partial charge in [0.05, 0.1) is 61.5 Å². The Morgan fingerprint density at radius 2 is 0.746 bits per heavy atom. The van der Waals surface area contributed by atoms with Gasteiger partial charge in [-0.25, -0.2) is 23.6 Å². The number of hydrogen-bond donors (Lipinski definition) is 8. The van der Waals surface area contributed by atoms with Crippen LogP contribution in [0.4, 0.5) is 25.6 Å². The standard InChI is InChI=1S/C31H46N6O3.C26H36FN5O3.C24H43N5O3.C23H41N5O3/c1-4-30(2,3)14-13-25(33-27-24-11-6-7-12-26(24)40-29(39)34-27)28(38)35-31(23-32)15-21-37(22-16-31)20-10-19-36-17-8-5-9-18-36;1-5-13-32-14-11-26(17-28,12-15-32)31-23(33)20(9-10-25(3,4)6-2)29-22-19-8-7-18(27)16-21(19)35-24(34)30-22;1-7-10-28-11-8-24(18-25,9-12-28)27-20(30)19(17-23(5,6)22(2,3)4)26-21(31)29-13-15-32-16-14-29;1-5-11-27-12-9-23(18-24,10-13-27)26-20(29)19(7-8-22(3,4)6-2)25-21(30)28-14-16-31-17-15-28/h6-7,11-12,25H,4-5,8-10,13-22H2,1-3H3,(H,35,38)(H,33,34,39);7-8,16,20H,5-6,9-15H2,1-4H3,(H,31,33)(H,29,30,34);19H,7-17H2,1-6H3,(H,26,31)(H,27,30);19H,5-17H2,1-4H3,(H,25,30)(H,26,29). The van der Waals surface area contributed by atoms with Crippen LogP contribution in [0.15, 0.2) is 60.9 Å². The summed E-state index contributed by atoms with van der Waals surface area (Å²) in [6.45, 7) is 54.4. The number of fused-ring (bicyclic) bond motifs is 2. The number of halogens is 1. The van der Waals surface area contributed by atoms with Gasteiger partial charge in [0.15, 0.2) is 0 Å². The van der Waals surface area contributed by atoms with Gasteiger partial charge in [-0.3, -0.25) is 19.2 Å². The number of nitrogens with one attached hydrogen (secondary N) is 8. The Morgan fingerprint density at radius 3 is 1.11 bits per heavy atom. The number of aromatic nitrogens is 2. The third-order valence-electron chi connectivity index (χ3n) is 30.3. The van der Waals surface area contributed by atoms with Gasteiger partial charge in [0, 0.05) is 84.6 Å². The minimum atomic E-state index is -0.935. The van der Waals surface area contributed by atoms with E-state index in [0.717, 1.165) is 155 Å². The normalized spacial score (nSPS) is 19.3. The zero-order valence-electron chi connectivity index (χ0n) is 86.4. The van der Waals surface area contributed by atoms with Crippen LogP contribution in [0.1, 0.15) is 278 Å². The molecule has 33 nitrogen and oxygen atoms in total. The highest BCUT2D eigenvalue weighted by molar-refractivity contribution is 5.93. The van der Waals surface area contributed by atoms with Gasteiger partial charge in [-0.2, -0.15) is 31.0 Å². The molecule has 0 aliphatic carbocycles. The van der Waals surface area contributed by atoms with Gasteiger partial charge >= 0.3 is 23.6 Å². The van der Waals surface area contributed by atoms with Crippen molar-refractivity contribution in [1.29, 1.82) is 21.0 Å². The second-order valence-electron chi connectivity index (χ2n) is 43.3. The van der Waals surface area contributed by atoms with Crippen molar-refractivity contribution in [1.82, 2.24) is 76.2 Å². The Bertz CT molecular complexity index is 4840. The van der Waals surface area contributed by atoms with Crippen LogP contribution in [0.2, 0.25) is 0 Å². The van der Waals surface area contributed by atoms with Crippen LogP contribution in [-0.2, 0) is 28.7 Å². The molecule has 138 heavy (non-hydrogen) atoms. The number of nitrogens with zero attached hydrogens (tertiary/aromatic N) is 13. The molecule has 7 saturated heterocycles. The summed E-state index contributed by atoms with van der Waals surface area (Å²) in [5.74, 6) is -2.70. The van der Waals surface area contributed by atoms with Crippen LogP contribution < -0.4 is 54.0 Å². The summed E-state index contributed by atoms with van der Waals surface area (Å²) in [6, 6.07) is 17.3. The maximum Gasteiger partial charge on any atom is 0.441 e. The summed E-state index contributed by atoms with van der Waals surface area (Å²) < 4.78 is 34.7. The topological polar surface area (TPSA) is 421 Å². The highest BCUT2D eigenvalue weighted by Gasteiger charge is 2.46. The molecule has 9 heterocycles. The van der Waals surface area contributed by atoms with Crippen molar-refractivity contribution in [3.63, 3.8) is 0 Å². The Kier molecular flexibility index (Phi) is 43.9. The van der Waals surface area contributed by atoms with Gasteiger partial charge in [0.25, 0.3) is 0 Å². The maximum absolute atomic E-state index is 13.8. The zero-order valence-corrected chi connectivity index (χ0v) is 86.4. The average Bonchev–Trinajstić information content (AvgIpc) is 0.809. The van der Waals surface area contributed by atoms with Crippen molar-refractivity contribution in [2.24, 2.45) is 27.1 Å². The molecule has 8 amide bonds. The fourth-order valence-electron chi connectivity index (χ4n) is 18.2. The van der Waals surface area contributed by atoms with E-state index in [1.165, 1.54) is 44.5 Å². The molecule has 7 aliphatic heterocycles.